The average molecular weight is 242 g/mol. The van der Waals surface area contributed by atoms with Gasteiger partial charge in [0.15, 0.2) is 0 Å². The number of hydrogen-bond acceptors (Lipinski definition) is 3. The van der Waals surface area contributed by atoms with Crippen molar-refractivity contribution in [3.05, 3.63) is 12.7 Å². The van der Waals surface area contributed by atoms with Crippen molar-refractivity contribution in [2.24, 2.45) is 5.92 Å². The SMILES string of the molecule is C=CCSCCN1CCNC(C(C)CC)C1. The van der Waals surface area contributed by atoms with Gasteiger partial charge in [-0.05, 0) is 5.92 Å². The summed E-state index contributed by atoms with van der Waals surface area (Å²) in [6.45, 7) is 13.2. The standard InChI is InChI=1S/C13H26N2S/c1-4-9-16-10-8-15-7-6-14-13(11-15)12(3)5-2/h4,12-14H,1,5-11H2,2-3H3. The molecule has 0 aliphatic carbocycles. The van der Waals surface area contributed by atoms with Gasteiger partial charge < -0.3 is 5.32 Å². The third-order valence-corrected chi connectivity index (χ3v) is 4.35. The van der Waals surface area contributed by atoms with E-state index < -0.39 is 0 Å². The molecule has 0 amide bonds. The lowest BCUT2D eigenvalue weighted by Crippen LogP contribution is -2.53. The number of nitrogens with one attached hydrogen (secondary N) is 1. The van der Waals surface area contributed by atoms with Crippen LogP contribution in [-0.2, 0) is 0 Å². The highest BCUT2D eigenvalue weighted by atomic mass is 32.2. The fraction of sp³-hybridized carbons (Fsp3) is 0.846. The van der Waals surface area contributed by atoms with Crippen LogP contribution < -0.4 is 5.32 Å². The summed E-state index contributed by atoms with van der Waals surface area (Å²) < 4.78 is 0. The monoisotopic (exact) mass is 242 g/mol. The van der Waals surface area contributed by atoms with Crippen LogP contribution in [0.4, 0.5) is 0 Å². The number of rotatable bonds is 7. The van der Waals surface area contributed by atoms with Crippen molar-refractivity contribution in [3.63, 3.8) is 0 Å². The lowest BCUT2D eigenvalue weighted by molar-refractivity contribution is 0.177. The van der Waals surface area contributed by atoms with Crippen LogP contribution >= 0.6 is 11.8 Å². The predicted octanol–water partition coefficient (Wildman–Crippen LogP) is 2.23. The zero-order chi connectivity index (χ0) is 11.8. The van der Waals surface area contributed by atoms with Gasteiger partial charge in [0.05, 0.1) is 0 Å². The van der Waals surface area contributed by atoms with Gasteiger partial charge in [0.1, 0.15) is 0 Å². The smallest absolute Gasteiger partial charge is 0.0221 e. The maximum absolute atomic E-state index is 3.75. The van der Waals surface area contributed by atoms with Crippen molar-refractivity contribution in [2.75, 3.05) is 37.7 Å². The molecule has 1 saturated heterocycles. The Kier molecular flexibility index (Phi) is 7.17. The summed E-state index contributed by atoms with van der Waals surface area (Å²) in [5, 5.41) is 3.64. The van der Waals surface area contributed by atoms with Crippen LogP contribution in [0, 0.1) is 5.92 Å². The molecule has 2 nitrogen and oxygen atoms in total. The fourth-order valence-electron chi connectivity index (χ4n) is 2.07. The zero-order valence-electron chi connectivity index (χ0n) is 10.7. The van der Waals surface area contributed by atoms with Crippen LogP contribution in [0.5, 0.6) is 0 Å². The maximum Gasteiger partial charge on any atom is 0.0221 e. The third kappa shape index (κ3) is 4.89. The van der Waals surface area contributed by atoms with Crippen molar-refractivity contribution in [1.82, 2.24) is 10.2 Å². The van der Waals surface area contributed by atoms with Gasteiger partial charge in [-0.2, -0.15) is 11.8 Å². The lowest BCUT2D eigenvalue weighted by atomic mass is 9.97. The van der Waals surface area contributed by atoms with Gasteiger partial charge in [0.2, 0.25) is 0 Å². The molecule has 0 aromatic carbocycles. The van der Waals surface area contributed by atoms with E-state index in [1.54, 1.807) is 0 Å². The maximum atomic E-state index is 3.75. The summed E-state index contributed by atoms with van der Waals surface area (Å²) in [6, 6.07) is 0.697. The molecule has 0 aromatic heterocycles. The Morgan fingerprint density at radius 3 is 3.12 bits per heavy atom. The minimum absolute atomic E-state index is 0.697. The van der Waals surface area contributed by atoms with Crippen LogP contribution in [-0.4, -0.2) is 48.6 Å². The van der Waals surface area contributed by atoms with E-state index >= 15 is 0 Å². The number of piperazine rings is 1. The van der Waals surface area contributed by atoms with E-state index in [0.717, 1.165) is 18.2 Å². The second-order valence-electron chi connectivity index (χ2n) is 4.61. The average Bonchev–Trinajstić information content (AvgIpc) is 2.34. The normalized spacial score (nSPS) is 24.2. The van der Waals surface area contributed by atoms with Gasteiger partial charge in [-0.15, -0.1) is 6.58 Å². The molecule has 2 unspecified atom stereocenters. The predicted molar refractivity (Wildman–Crippen MR) is 75.2 cm³/mol. The topological polar surface area (TPSA) is 15.3 Å². The first-order chi connectivity index (χ1) is 7.77. The summed E-state index contributed by atoms with van der Waals surface area (Å²) >= 11 is 1.98. The molecular formula is C13H26N2S. The molecule has 3 heteroatoms. The first-order valence-corrected chi connectivity index (χ1v) is 7.57. The molecule has 1 aliphatic rings. The molecule has 1 heterocycles. The van der Waals surface area contributed by atoms with Crippen molar-refractivity contribution in [1.29, 1.82) is 0 Å². The molecule has 16 heavy (non-hydrogen) atoms. The van der Waals surface area contributed by atoms with Crippen molar-refractivity contribution in [3.8, 4) is 0 Å². The Bertz CT molecular complexity index is 196. The van der Waals surface area contributed by atoms with E-state index in [0.29, 0.717) is 6.04 Å². The lowest BCUT2D eigenvalue weighted by Gasteiger charge is -2.36. The van der Waals surface area contributed by atoms with Crippen LogP contribution in [0.25, 0.3) is 0 Å². The van der Waals surface area contributed by atoms with Crippen LogP contribution in [0.2, 0.25) is 0 Å². The van der Waals surface area contributed by atoms with Crippen molar-refractivity contribution >= 4 is 11.8 Å². The molecule has 94 valence electrons. The molecule has 2 atom stereocenters. The van der Waals surface area contributed by atoms with Gasteiger partial charge in [-0.1, -0.05) is 26.3 Å². The molecule has 1 rings (SSSR count). The van der Waals surface area contributed by atoms with E-state index in [9.17, 15) is 0 Å². The molecule has 0 spiro atoms. The van der Waals surface area contributed by atoms with E-state index in [1.807, 2.05) is 17.8 Å². The summed E-state index contributed by atoms with van der Waals surface area (Å²) in [6.07, 6.45) is 3.26. The summed E-state index contributed by atoms with van der Waals surface area (Å²) in [5.74, 6) is 3.11. The minimum Gasteiger partial charge on any atom is -0.311 e. The molecule has 0 bridgehead atoms. The Morgan fingerprint density at radius 2 is 2.44 bits per heavy atom. The Labute approximate surface area is 105 Å². The highest BCUT2D eigenvalue weighted by Gasteiger charge is 2.22. The summed E-state index contributed by atoms with van der Waals surface area (Å²) in [7, 11) is 0. The molecule has 1 aliphatic heterocycles. The molecule has 1 fully saturated rings. The largest absolute Gasteiger partial charge is 0.311 e. The van der Waals surface area contributed by atoms with E-state index in [-0.39, 0.29) is 0 Å². The minimum atomic E-state index is 0.697. The second kappa shape index (κ2) is 8.15. The molecule has 1 N–H and O–H groups in total. The van der Waals surface area contributed by atoms with Crippen molar-refractivity contribution < 1.29 is 0 Å². The highest BCUT2D eigenvalue weighted by molar-refractivity contribution is 7.99. The molecular weight excluding hydrogens is 216 g/mol. The van der Waals surface area contributed by atoms with E-state index in [1.165, 1.54) is 31.8 Å². The van der Waals surface area contributed by atoms with Gasteiger partial charge in [0, 0.05) is 43.7 Å². The molecule has 0 radical (unpaired) electrons. The Morgan fingerprint density at radius 1 is 1.62 bits per heavy atom. The number of hydrogen-bond donors (Lipinski definition) is 1. The summed E-state index contributed by atoms with van der Waals surface area (Å²) in [5.41, 5.74) is 0. The molecule has 0 saturated carbocycles. The van der Waals surface area contributed by atoms with Gasteiger partial charge in [-0.25, -0.2) is 0 Å². The van der Waals surface area contributed by atoms with E-state index in [2.05, 4.69) is 30.6 Å². The molecule has 0 aromatic rings. The third-order valence-electron chi connectivity index (χ3n) is 3.41. The Hall–Kier alpha value is 0.01000. The van der Waals surface area contributed by atoms with Crippen LogP contribution in [0.1, 0.15) is 20.3 Å². The number of thioether (sulfide) groups is 1. The summed E-state index contributed by atoms with van der Waals surface area (Å²) in [4.78, 5) is 2.60. The quantitative estimate of drug-likeness (QED) is 0.544. The number of nitrogens with zero attached hydrogens (tertiary/aromatic N) is 1. The van der Waals surface area contributed by atoms with Gasteiger partial charge in [-0.3, -0.25) is 4.90 Å². The zero-order valence-corrected chi connectivity index (χ0v) is 11.6. The Balaban J connectivity index is 2.19. The first kappa shape index (κ1) is 14.1. The van der Waals surface area contributed by atoms with Gasteiger partial charge >= 0.3 is 0 Å². The van der Waals surface area contributed by atoms with Crippen LogP contribution in [0.3, 0.4) is 0 Å². The van der Waals surface area contributed by atoms with Gasteiger partial charge in [0.25, 0.3) is 0 Å². The van der Waals surface area contributed by atoms with E-state index in [4.69, 9.17) is 0 Å². The first-order valence-electron chi connectivity index (χ1n) is 6.42. The highest BCUT2D eigenvalue weighted by Crippen LogP contribution is 2.12. The fourth-order valence-corrected chi connectivity index (χ4v) is 2.79. The second-order valence-corrected chi connectivity index (χ2v) is 5.76. The van der Waals surface area contributed by atoms with Crippen LogP contribution in [0.15, 0.2) is 12.7 Å². The van der Waals surface area contributed by atoms with Crippen molar-refractivity contribution in [2.45, 2.75) is 26.3 Å².